The average Bonchev–Trinajstić information content (AvgIpc) is 3.01. The van der Waals surface area contributed by atoms with E-state index in [0.717, 1.165) is 0 Å². The second-order valence-electron chi connectivity index (χ2n) is 11.6. The van der Waals surface area contributed by atoms with E-state index in [1.807, 2.05) is 0 Å². The van der Waals surface area contributed by atoms with Gasteiger partial charge in [0.1, 0.15) is 0 Å². The van der Waals surface area contributed by atoms with E-state index in [4.69, 9.17) is 0 Å². The molecule has 2 atom stereocenters. The van der Waals surface area contributed by atoms with Crippen LogP contribution >= 0.6 is 0 Å². The average molecular weight is 994 g/mol. The zero-order valence-corrected chi connectivity index (χ0v) is 28.7. The Morgan fingerprint density at radius 2 is 0.656 bits per heavy atom. The number of ether oxygens (including phenoxy) is 3. The van der Waals surface area contributed by atoms with Gasteiger partial charge >= 0.3 is 89.7 Å². The van der Waals surface area contributed by atoms with Crippen molar-refractivity contribution >= 4 is 28.0 Å². The molecule has 37 heteroatoms. The molecule has 0 saturated carbocycles. The van der Waals surface area contributed by atoms with Crippen LogP contribution < -0.4 is 0 Å². The number of hydrogen-bond donors (Lipinski definition) is 1. The zero-order chi connectivity index (χ0) is 49.5. The summed E-state index contributed by atoms with van der Waals surface area (Å²) in [6.07, 6.45) is -34.6. The predicted octanol–water partition coefficient (Wildman–Crippen LogP) is 8.45. The van der Waals surface area contributed by atoms with Crippen LogP contribution in [0.3, 0.4) is 0 Å². The molecule has 61 heavy (non-hydrogen) atoms. The Balaban J connectivity index is 6.77. The largest absolute Gasteiger partial charge is 0.465 e. The standard InChI is InChI=1S/C24H17F27O9S/c25-13(26,16(31,32)19(37,38)22(43,44)45)1-4-58-9(52)7-8(11(53)59-5-2-14(27,28)17(33,34)20(39,40)23(46,47)48)10(61(55,56)57)12(54)60-6-3-15(29,30)18(35,36)21(41,42)24(49,50)51/h8,10H,1-7H2,(H,55,56,57). The van der Waals surface area contributed by atoms with Crippen LogP contribution in [0.5, 0.6) is 0 Å². The van der Waals surface area contributed by atoms with Crippen LogP contribution in [0.15, 0.2) is 0 Å². The van der Waals surface area contributed by atoms with Crippen LogP contribution in [0.2, 0.25) is 0 Å². The Morgan fingerprint density at radius 3 is 0.902 bits per heavy atom. The van der Waals surface area contributed by atoms with E-state index in [1.54, 1.807) is 0 Å². The molecule has 1 N–H and O–H groups in total. The van der Waals surface area contributed by atoms with E-state index in [1.165, 1.54) is 0 Å². The molecular formula is C24H17F27O9S. The lowest BCUT2D eigenvalue weighted by atomic mass is 10.00. The highest BCUT2D eigenvalue weighted by atomic mass is 32.2. The molecule has 0 aliphatic heterocycles. The summed E-state index contributed by atoms with van der Waals surface area (Å²) in [5.74, 6) is -78.1. The second kappa shape index (κ2) is 17.5. The number of halogens is 27. The van der Waals surface area contributed by atoms with Crippen molar-refractivity contribution in [2.75, 3.05) is 19.8 Å². The number of esters is 3. The summed E-state index contributed by atoms with van der Waals surface area (Å²) in [6.45, 7) is -8.04. The fourth-order valence-electron chi connectivity index (χ4n) is 3.78. The van der Waals surface area contributed by atoms with Crippen molar-refractivity contribution in [3.63, 3.8) is 0 Å². The Kier molecular flexibility index (Phi) is 16.5. The maximum atomic E-state index is 13.8. The fourth-order valence-corrected chi connectivity index (χ4v) is 4.72. The van der Waals surface area contributed by atoms with E-state index in [9.17, 15) is 146 Å². The van der Waals surface area contributed by atoms with Gasteiger partial charge in [-0.3, -0.25) is 18.9 Å². The summed E-state index contributed by atoms with van der Waals surface area (Å²) < 4.78 is 396. The van der Waals surface area contributed by atoms with Gasteiger partial charge in [-0.25, -0.2) is 0 Å². The summed E-state index contributed by atoms with van der Waals surface area (Å²) >= 11 is 0. The second-order valence-corrected chi connectivity index (χ2v) is 13.1. The molecule has 0 bridgehead atoms. The molecule has 0 aliphatic rings. The van der Waals surface area contributed by atoms with Crippen LogP contribution in [-0.2, 0) is 38.7 Å². The SMILES string of the molecule is O=C(CC(C(=O)OCCC(F)(F)C(F)(F)C(F)(F)C(F)(F)F)C(C(=O)OCCC(F)(F)C(F)(F)C(F)(F)C(F)(F)F)S(=O)(=O)O)OCCC(F)(F)C(F)(F)C(F)(F)C(F)(F)F. The van der Waals surface area contributed by atoms with E-state index < -0.39 is 157 Å². The van der Waals surface area contributed by atoms with Gasteiger partial charge in [-0.2, -0.15) is 127 Å². The van der Waals surface area contributed by atoms with Crippen LogP contribution in [0.4, 0.5) is 119 Å². The van der Waals surface area contributed by atoms with Crippen molar-refractivity contribution in [3.05, 3.63) is 0 Å². The van der Waals surface area contributed by atoms with Crippen LogP contribution in [0, 0.1) is 5.92 Å². The van der Waals surface area contributed by atoms with Crippen molar-refractivity contribution in [1.82, 2.24) is 0 Å². The molecule has 9 nitrogen and oxygen atoms in total. The summed E-state index contributed by atoms with van der Waals surface area (Å²) in [7, 11) is -6.79. The predicted molar refractivity (Wildman–Crippen MR) is 133 cm³/mol. The van der Waals surface area contributed by atoms with Gasteiger partial charge in [0, 0.05) is 0 Å². The zero-order valence-electron chi connectivity index (χ0n) is 27.9. The Hall–Kier alpha value is -3.57. The van der Waals surface area contributed by atoms with E-state index in [-0.39, 0.29) is 0 Å². The first kappa shape index (κ1) is 57.4. The molecular weight excluding hydrogens is 977 g/mol. The van der Waals surface area contributed by atoms with Gasteiger partial charge in [0.05, 0.1) is 51.4 Å². The maximum Gasteiger partial charge on any atom is 0.460 e. The fraction of sp³-hybridized carbons (Fsp3) is 0.875. The van der Waals surface area contributed by atoms with Gasteiger partial charge in [-0.1, -0.05) is 0 Å². The molecule has 0 rings (SSSR count). The lowest BCUT2D eigenvalue weighted by Crippen LogP contribution is -2.61. The summed E-state index contributed by atoms with van der Waals surface area (Å²) in [5.41, 5.74) is 0. The number of carbonyl (C=O) groups excluding carboxylic acids is 3. The molecule has 362 valence electrons. The molecule has 0 aromatic carbocycles. The van der Waals surface area contributed by atoms with Gasteiger partial charge in [0.25, 0.3) is 10.1 Å². The van der Waals surface area contributed by atoms with E-state index in [2.05, 4.69) is 14.2 Å². The van der Waals surface area contributed by atoms with Gasteiger partial charge in [-0.15, -0.1) is 0 Å². The Bertz CT molecular complexity index is 1670. The Morgan fingerprint density at radius 1 is 0.410 bits per heavy atom. The Labute approximate surface area is 317 Å². The third kappa shape index (κ3) is 11.5. The van der Waals surface area contributed by atoms with E-state index in [0.29, 0.717) is 0 Å². The number of carbonyl (C=O) groups is 3. The molecule has 0 saturated heterocycles. The molecule has 0 spiro atoms. The molecule has 0 radical (unpaired) electrons. The van der Waals surface area contributed by atoms with Crippen molar-refractivity contribution < 1.29 is 160 Å². The highest BCUT2D eigenvalue weighted by Crippen LogP contribution is 2.56. The third-order valence-electron chi connectivity index (χ3n) is 7.24. The topological polar surface area (TPSA) is 133 Å². The molecule has 0 aliphatic carbocycles. The van der Waals surface area contributed by atoms with Gasteiger partial charge in [-0.05, 0) is 0 Å². The molecule has 0 heterocycles. The molecule has 0 aromatic heterocycles. The van der Waals surface area contributed by atoms with Crippen molar-refractivity contribution in [3.8, 4) is 0 Å². The lowest BCUT2D eigenvalue weighted by molar-refractivity contribution is -0.397. The first-order valence-electron chi connectivity index (χ1n) is 14.4. The van der Waals surface area contributed by atoms with Gasteiger partial charge in [0.2, 0.25) is 0 Å². The quantitative estimate of drug-likeness (QED) is 0.0521. The van der Waals surface area contributed by atoms with Gasteiger partial charge < -0.3 is 14.2 Å². The first-order chi connectivity index (χ1) is 26.4. The van der Waals surface area contributed by atoms with Crippen molar-refractivity contribution in [2.24, 2.45) is 5.92 Å². The summed E-state index contributed by atoms with van der Waals surface area (Å²) in [6, 6.07) is 0. The minimum Gasteiger partial charge on any atom is -0.465 e. The van der Waals surface area contributed by atoms with Gasteiger partial charge in [0.15, 0.2) is 5.25 Å². The normalized spacial score (nSPS) is 16.2. The van der Waals surface area contributed by atoms with Crippen molar-refractivity contribution in [2.45, 2.75) is 103 Å². The van der Waals surface area contributed by atoms with Crippen LogP contribution in [0.1, 0.15) is 25.7 Å². The minimum atomic E-state index is -7.63. The number of rotatable bonds is 21. The first-order valence-corrected chi connectivity index (χ1v) is 15.9. The number of alkyl halides is 27. The molecule has 0 fully saturated rings. The highest BCUT2D eigenvalue weighted by Gasteiger charge is 2.83. The van der Waals surface area contributed by atoms with Crippen LogP contribution in [0.25, 0.3) is 0 Å². The third-order valence-corrected chi connectivity index (χ3v) is 8.40. The van der Waals surface area contributed by atoms with E-state index >= 15 is 0 Å². The highest BCUT2D eigenvalue weighted by molar-refractivity contribution is 7.87. The monoisotopic (exact) mass is 994 g/mol. The number of hydrogen-bond acceptors (Lipinski definition) is 8. The summed E-state index contributed by atoms with van der Waals surface area (Å²) in [4.78, 5) is 37.0. The lowest BCUT2D eigenvalue weighted by Gasteiger charge is -2.33. The maximum absolute atomic E-state index is 13.8. The smallest absolute Gasteiger partial charge is 0.460 e. The molecule has 0 aromatic rings. The minimum absolute atomic E-state index is 2.57. The van der Waals surface area contributed by atoms with Crippen molar-refractivity contribution in [1.29, 1.82) is 0 Å². The van der Waals surface area contributed by atoms with Crippen LogP contribution in [-0.4, -0.2) is 128 Å². The molecule has 0 amide bonds. The molecule has 2 unspecified atom stereocenters. The summed E-state index contributed by atoms with van der Waals surface area (Å²) in [5, 5.41) is -4.26.